The molecule has 3 aromatic heterocycles. The van der Waals surface area contributed by atoms with Crippen LogP contribution in [0.4, 0.5) is 0 Å². The van der Waals surface area contributed by atoms with Crippen LogP contribution in [0.5, 0.6) is 0 Å². The van der Waals surface area contributed by atoms with Crippen LogP contribution in [0.25, 0.3) is 10.6 Å². The predicted octanol–water partition coefficient (Wildman–Crippen LogP) is 1.56. The summed E-state index contributed by atoms with van der Waals surface area (Å²) in [5.74, 6) is -0.104. The lowest BCUT2D eigenvalue weighted by molar-refractivity contribution is 0.0726. The number of nitrogens with one attached hydrogen (secondary N) is 1. The average molecular weight is 343 g/mol. The molecule has 2 N–H and O–H groups in total. The van der Waals surface area contributed by atoms with Gasteiger partial charge in [0.1, 0.15) is 0 Å². The number of amides is 1. The van der Waals surface area contributed by atoms with Crippen molar-refractivity contribution in [2.45, 2.75) is 19.6 Å². The molecule has 1 amide bonds. The maximum Gasteiger partial charge on any atom is 0.274 e. The molecule has 0 bridgehead atoms. The quantitative estimate of drug-likeness (QED) is 0.756. The summed E-state index contributed by atoms with van der Waals surface area (Å²) in [6.45, 7) is 0.965. The number of rotatable bonds is 3. The lowest BCUT2D eigenvalue weighted by Gasteiger charge is -2.27. The number of aromatic amines is 1. The van der Waals surface area contributed by atoms with Crippen molar-refractivity contribution in [3.05, 3.63) is 46.2 Å². The number of fused-ring (bicyclic) bond motifs is 1. The predicted molar refractivity (Wildman–Crippen MR) is 89.5 cm³/mol. The summed E-state index contributed by atoms with van der Waals surface area (Å²) >= 11 is 1.60. The normalized spacial score (nSPS) is 14.0. The van der Waals surface area contributed by atoms with Crippen molar-refractivity contribution in [2.75, 3.05) is 6.54 Å². The van der Waals surface area contributed by atoms with Gasteiger partial charge in [-0.25, -0.2) is 0 Å². The SMILES string of the molecule is Cn1nc(CO)c2c1CCN(C(=O)c1cc(-c3cccs3)[nH]n1)C2. The van der Waals surface area contributed by atoms with Crippen LogP contribution in [0.1, 0.15) is 27.4 Å². The third-order valence-corrected chi connectivity index (χ3v) is 5.25. The van der Waals surface area contributed by atoms with Crippen molar-refractivity contribution < 1.29 is 9.90 Å². The van der Waals surface area contributed by atoms with E-state index >= 15 is 0 Å². The van der Waals surface area contributed by atoms with E-state index in [1.165, 1.54) is 0 Å². The maximum absolute atomic E-state index is 12.8. The van der Waals surface area contributed by atoms with Gasteiger partial charge >= 0.3 is 0 Å². The lowest BCUT2D eigenvalue weighted by atomic mass is 10.0. The van der Waals surface area contributed by atoms with Crippen LogP contribution in [0.2, 0.25) is 0 Å². The van der Waals surface area contributed by atoms with E-state index in [4.69, 9.17) is 0 Å². The molecule has 1 aliphatic rings. The topological polar surface area (TPSA) is 87.0 Å². The van der Waals surface area contributed by atoms with Gasteiger partial charge in [0.05, 0.1) is 22.9 Å². The first-order valence-electron chi connectivity index (χ1n) is 7.70. The van der Waals surface area contributed by atoms with E-state index in [-0.39, 0.29) is 12.5 Å². The van der Waals surface area contributed by atoms with E-state index in [2.05, 4.69) is 15.3 Å². The molecule has 4 heterocycles. The molecule has 0 atom stereocenters. The van der Waals surface area contributed by atoms with Crippen LogP contribution in [0.15, 0.2) is 23.6 Å². The molecule has 0 saturated heterocycles. The number of hydrogen-bond donors (Lipinski definition) is 2. The highest BCUT2D eigenvalue weighted by atomic mass is 32.1. The second-order valence-electron chi connectivity index (χ2n) is 5.77. The lowest BCUT2D eigenvalue weighted by Crippen LogP contribution is -2.36. The first-order valence-corrected chi connectivity index (χ1v) is 8.58. The van der Waals surface area contributed by atoms with Gasteiger partial charge in [0.15, 0.2) is 5.69 Å². The molecule has 4 rings (SSSR count). The summed E-state index contributed by atoms with van der Waals surface area (Å²) in [5, 5.41) is 22.9. The molecule has 7 nitrogen and oxygen atoms in total. The fourth-order valence-electron chi connectivity index (χ4n) is 3.12. The molecule has 0 spiro atoms. The van der Waals surface area contributed by atoms with E-state index < -0.39 is 0 Å². The standard InChI is InChI=1S/C16H17N5O2S/c1-20-14-4-5-21(8-10(14)13(9-22)19-20)16(23)12-7-11(17-18-12)15-3-2-6-24-15/h2-3,6-7,22H,4-5,8-9H2,1H3,(H,17,18). The van der Waals surface area contributed by atoms with Crippen LogP contribution in [-0.2, 0) is 26.6 Å². The van der Waals surface area contributed by atoms with Crippen molar-refractivity contribution in [3.8, 4) is 10.6 Å². The fraction of sp³-hybridized carbons (Fsp3) is 0.312. The van der Waals surface area contributed by atoms with Crippen LogP contribution in [-0.4, -0.2) is 42.4 Å². The molecule has 1 aliphatic heterocycles. The van der Waals surface area contributed by atoms with Gasteiger partial charge in [-0.2, -0.15) is 10.2 Å². The van der Waals surface area contributed by atoms with Gasteiger partial charge in [0.2, 0.25) is 0 Å². The Morgan fingerprint density at radius 1 is 1.50 bits per heavy atom. The molecular weight excluding hydrogens is 326 g/mol. The minimum Gasteiger partial charge on any atom is -0.390 e. The summed E-state index contributed by atoms with van der Waals surface area (Å²) in [7, 11) is 1.87. The number of hydrogen-bond acceptors (Lipinski definition) is 5. The highest BCUT2D eigenvalue weighted by molar-refractivity contribution is 7.13. The van der Waals surface area contributed by atoms with Crippen LogP contribution in [0, 0.1) is 0 Å². The summed E-state index contributed by atoms with van der Waals surface area (Å²) in [6, 6.07) is 5.75. The molecule has 0 aliphatic carbocycles. The number of nitrogens with zero attached hydrogens (tertiary/aromatic N) is 4. The molecule has 24 heavy (non-hydrogen) atoms. The molecule has 0 radical (unpaired) electrons. The Morgan fingerprint density at radius 2 is 2.38 bits per heavy atom. The smallest absolute Gasteiger partial charge is 0.274 e. The first kappa shape index (κ1) is 15.1. The Kier molecular flexibility index (Phi) is 3.70. The number of thiophene rings is 1. The number of aliphatic hydroxyl groups is 1. The highest BCUT2D eigenvalue weighted by Gasteiger charge is 2.28. The Bertz CT molecular complexity index is 881. The van der Waals surface area contributed by atoms with Crippen LogP contribution < -0.4 is 0 Å². The zero-order valence-electron chi connectivity index (χ0n) is 13.2. The Balaban J connectivity index is 1.57. The summed E-state index contributed by atoms with van der Waals surface area (Å²) < 4.78 is 1.80. The number of carbonyl (C=O) groups excluding carboxylic acids is 1. The van der Waals surface area contributed by atoms with Crippen molar-refractivity contribution in [2.24, 2.45) is 7.05 Å². The van der Waals surface area contributed by atoms with Gasteiger partial charge < -0.3 is 10.0 Å². The molecule has 0 aromatic carbocycles. The number of H-pyrrole nitrogens is 1. The Labute approximate surface area is 142 Å². The second-order valence-corrected chi connectivity index (χ2v) is 6.72. The third-order valence-electron chi connectivity index (χ3n) is 4.35. The minimum atomic E-state index is -0.115. The van der Waals surface area contributed by atoms with E-state index in [0.29, 0.717) is 24.5 Å². The monoisotopic (exact) mass is 343 g/mol. The number of aliphatic hydroxyl groups excluding tert-OH is 1. The summed E-state index contributed by atoms with van der Waals surface area (Å²) in [5.41, 5.74) is 3.95. The van der Waals surface area contributed by atoms with E-state index in [1.54, 1.807) is 27.0 Å². The summed E-state index contributed by atoms with van der Waals surface area (Å²) in [4.78, 5) is 15.6. The Hall–Kier alpha value is -2.45. The van der Waals surface area contributed by atoms with Gasteiger partial charge in [-0.1, -0.05) is 6.07 Å². The third kappa shape index (κ3) is 2.44. The van der Waals surface area contributed by atoms with Crippen molar-refractivity contribution in [3.63, 3.8) is 0 Å². The molecular formula is C16H17N5O2S. The van der Waals surface area contributed by atoms with E-state index in [1.807, 2.05) is 24.6 Å². The number of aryl methyl sites for hydroxylation is 1. The van der Waals surface area contributed by atoms with Crippen molar-refractivity contribution in [1.82, 2.24) is 24.9 Å². The van der Waals surface area contributed by atoms with E-state index in [0.717, 1.165) is 28.2 Å². The van der Waals surface area contributed by atoms with Crippen molar-refractivity contribution in [1.29, 1.82) is 0 Å². The van der Waals surface area contributed by atoms with E-state index in [9.17, 15) is 9.90 Å². The molecule has 124 valence electrons. The Morgan fingerprint density at radius 3 is 3.12 bits per heavy atom. The maximum atomic E-state index is 12.8. The van der Waals surface area contributed by atoms with Gasteiger partial charge in [0, 0.05) is 37.8 Å². The zero-order valence-corrected chi connectivity index (χ0v) is 14.0. The first-order chi connectivity index (χ1) is 11.7. The minimum absolute atomic E-state index is 0.104. The van der Waals surface area contributed by atoms with Crippen molar-refractivity contribution >= 4 is 17.2 Å². The van der Waals surface area contributed by atoms with Gasteiger partial charge in [-0.15, -0.1) is 11.3 Å². The van der Waals surface area contributed by atoms with Gasteiger partial charge in [-0.05, 0) is 17.5 Å². The molecule has 0 unspecified atom stereocenters. The number of carbonyl (C=O) groups is 1. The van der Waals surface area contributed by atoms with Crippen LogP contribution in [0.3, 0.4) is 0 Å². The van der Waals surface area contributed by atoms with Gasteiger partial charge in [-0.3, -0.25) is 14.6 Å². The molecule has 0 saturated carbocycles. The number of aromatic nitrogens is 4. The zero-order chi connectivity index (χ0) is 16.7. The largest absolute Gasteiger partial charge is 0.390 e. The highest BCUT2D eigenvalue weighted by Crippen LogP contribution is 2.26. The summed E-state index contributed by atoms with van der Waals surface area (Å²) in [6.07, 6.45) is 0.729. The molecule has 8 heteroatoms. The second kappa shape index (κ2) is 5.88. The molecule has 0 fully saturated rings. The average Bonchev–Trinajstić information content (AvgIpc) is 3.33. The fourth-order valence-corrected chi connectivity index (χ4v) is 3.81. The van der Waals surface area contributed by atoms with Crippen LogP contribution >= 0.6 is 11.3 Å². The van der Waals surface area contributed by atoms with Gasteiger partial charge in [0.25, 0.3) is 5.91 Å². The molecule has 3 aromatic rings.